The molecule has 1 aromatic heterocycles. The number of nitrogens with zero attached hydrogens (tertiary/aromatic N) is 4. The third kappa shape index (κ3) is 2.36. The van der Waals surface area contributed by atoms with Crippen LogP contribution in [-0.4, -0.2) is 15.0 Å². The summed E-state index contributed by atoms with van der Waals surface area (Å²) in [4.78, 5) is 0. The van der Waals surface area contributed by atoms with E-state index in [1.807, 2.05) is 18.2 Å². The van der Waals surface area contributed by atoms with Crippen LogP contribution in [0.1, 0.15) is 25.5 Å². The smallest absolute Gasteiger partial charge is 0.190 e. The van der Waals surface area contributed by atoms with E-state index in [2.05, 4.69) is 23.3 Å². The summed E-state index contributed by atoms with van der Waals surface area (Å²) in [5.41, 5.74) is 1.83. The van der Waals surface area contributed by atoms with Gasteiger partial charge in [0.2, 0.25) is 0 Å². The van der Waals surface area contributed by atoms with Gasteiger partial charge in [0, 0.05) is 12.1 Å². The lowest BCUT2D eigenvalue weighted by Crippen LogP contribution is -2.03. The maximum atomic E-state index is 9.10. The summed E-state index contributed by atoms with van der Waals surface area (Å²) in [5, 5.41) is 17.6. The summed E-state index contributed by atoms with van der Waals surface area (Å²) in [6.07, 6.45) is 2.05. The second-order valence-electron chi connectivity index (χ2n) is 3.96. The quantitative estimate of drug-likeness (QED) is 0.848. The zero-order chi connectivity index (χ0) is 13.0. The Labute approximate surface area is 111 Å². The fraction of sp³-hybridized carbons (Fsp3) is 0.308. The second-order valence-corrected chi connectivity index (χ2v) is 4.36. The highest BCUT2D eigenvalue weighted by Gasteiger charge is 2.16. The largest absolute Gasteiger partial charge is 0.243 e. The topological polar surface area (TPSA) is 54.5 Å². The molecule has 0 spiro atoms. The Morgan fingerprint density at radius 3 is 2.83 bits per heavy atom. The van der Waals surface area contributed by atoms with Gasteiger partial charge in [-0.15, -0.1) is 5.10 Å². The molecule has 0 N–H and O–H groups in total. The molecule has 1 aromatic carbocycles. The van der Waals surface area contributed by atoms with Gasteiger partial charge in [0.05, 0.1) is 5.02 Å². The fourth-order valence-corrected chi connectivity index (χ4v) is 2.00. The van der Waals surface area contributed by atoms with Crippen molar-refractivity contribution < 1.29 is 0 Å². The SMILES string of the molecule is CCCCn1nnc(C#N)c1-c1ccccc1Cl. The highest BCUT2D eigenvalue weighted by atomic mass is 35.5. The standard InChI is InChI=1S/C13H13ClN4/c1-2-3-8-18-13(12(9-15)16-17-18)10-6-4-5-7-11(10)14/h4-7H,2-3,8H2,1H3. The van der Waals surface area contributed by atoms with Crippen LogP contribution >= 0.6 is 11.6 Å². The van der Waals surface area contributed by atoms with Gasteiger partial charge in [-0.1, -0.05) is 48.4 Å². The van der Waals surface area contributed by atoms with Crippen LogP contribution in [0.4, 0.5) is 0 Å². The van der Waals surface area contributed by atoms with Gasteiger partial charge in [0.25, 0.3) is 0 Å². The first kappa shape index (κ1) is 12.6. The first-order valence-corrected chi connectivity index (χ1v) is 6.24. The molecule has 0 radical (unpaired) electrons. The molecule has 0 atom stereocenters. The molecule has 0 saturated heterocycles. The lowest BCUT2D eigenvalue weighted by atomic mass is 10.1. The van der Waals surface area contributed by atoms with Gasteiger partial charge < -0.3 is 0 Å². The minimum Gasteiger partial charge on any atom is -0.243 e. The molecule has 5 heteroatoms. The zero-order valence-electron chi connectivity index (χ0n) is 10.1. The molecule has 92 valence electrons. The van der Waals surface area contributed by atoms with Gasteiger partial charge in [-0.2, -0.15) is 5.26 Å². The Morgan fingerprint density at radius 2 is 2.17 bits per heavy atom. The Hall–Kier alpha value is -1.86. The molecule has 4 nitrogen and oxygen atoms in total. The molecule has 0 fully saturated rings. The molecular weight excluding hydrogens is 248 g/mol. The molecule has 1 heterocycles. The molecule has 18 heavy (non-hydrogen) atoms. The number of aryl methyl sites for hydroxylation is 1. The Morgan fingerprint density at radius 1 is 1.39 bits per heavy atom. The van der Waals surface area contributed by atoms with E-state index in [1.54, 1.807) is 10.7 Å². The van der Waals surface area contributed by atoms with Gasteiger partial charge in [-0.3, -0.25) is 0 Å². The molecule has 0 aliphatic rings. The van der Waals surface area contributed by atoms with E-state index < -0.39 is 0 Å². The van der Waals surface area contributed by atoms with E-state index in [-0.39, 0.29) is 0 Å². The van der Waals surface area contributed by atoms with E-state index >= 15 is 0 Å². The van der Waals surface area contributed by atoms with Gasteiger partial charge in [-0.05, 0) is 12.5 Å². The average Bonchev–Trinajstić information content (AvgIpc) is 2.79. The highest BCUT2D eigenvalue weighted by Crippen LogP contribution is 2.29. The van der Waals surface area contributed by atoms with Gasteiger partial charge in [0.15, 0.2) is 5.69 Å². The van der Waals surface area contributed by atoms with Crippen molar-refractivity contribution in [3.8, 4) is 17.3 Å². The molecular formula is C13H13ClN4. The van der Waals surface area contributed by atoms with E-state index in [9.17, 15) is 0 Å². The second kappa shape index (κ2) is 5.65. The maximum Gasteiger partial charge on any atom is 0.190 e. The van der Waals surface area contributed by atoms with Crippen molar-refractivity contribution >= 4 is 11.6 Å². The number of nitriles is 1. The average molecular weight is 261 g/mol. The lowest BCUT2D eigenvalue weighted by molar-refractivity contribution is 0.557. The number of benzene rings is 1. The summed E-state index contributed by atoms with van der Waals surface area (Å²) in [6, 6.07) is 9.49. The Bertz CT molecular complexity index is 583. The molecule has 2 rings (SSSR count). The van der Waals surface area contributed by atoms with Crippen LogP contribution in [0.15, 0.2) is 24.3 Å². The number of rotatable bonds is 4. The lowest BCUT2D eigenvalue weighted by Gasteiger charge is -2.07. The van der Waals surface area contributed by atoms with Crippen LogP contribution in [0.2, 0.25) is 5.02 Å². The van der Waals surface area contributed by atoms with E-state index in [4.69, 9.17) is 16.9 Å². The molecule has 0 amide bonds. The maximum absolute atomic E-state index is 9.10. The summed E-state index contributed by atoms with van der Waals surface area (Å²) >= 11 is 6.17. The normalized spacial score (nSPS) is 10.3. The van der Waals surface area contributed by atoms with Crippen LogP contribution in [-0.2, 0) is 6.54 Å². The molecule has 0 unspecified atom stereocenters. The summed E-state index contributed by atoms with van der Waals surface area (Å²) in [7, 11) is 0. The summed E-state index contributed by atoms with van der Waals surface area (Å²) < 4.78 is 1.75. The van der Waals surface area contributed by atoms with E-state index in [1.165, 1.54) is 0 Å². The van der Waals surface area contributed by atoms with Crippen molar-refractivity contribution in [2.45, 2.75) is 26.3 Å². The van der Waals surface area contributed by atoms with Gasteiger partial charge in [0.1, 0.15) is 11.8 Å². The Kier molecular flexibility index (Phi) is 3.96. The first-order valence-electron chi connectivity index (χ1n) is 5.86. The van der Waals surface area contributed by atoms with Crippen molar-refractivity contribution in [3.05, 3.63) is 35.0 Å². The van der Waals surface area contributed by atoms with Crippen molar-refractivity contribution in [2.75, 3.05) is 0 Å². The van der Waals surface area contributed by atoms with Crippen LogP contribution in [0.5, 0.6) is 0 Å². The summed E-state index contributed by atoms with van der Waals surface area (Å²) in [6.45, 7) is 2.85. The van der Waals surface area contributed by atoms with Crippen molar-refractivity contribution in [2.24, 2.45) is 0 Å². The number of hydrogen-bond donors (Lipinski definition) is 0. The summed E-state index contributed by atoms with van der Waals surface area (Å²) in [5.74, 6) is 0. The number of halogens is 1. The fourth-order valence-electron chi connectivity index (χ4n) is 1.77. The third-order valence-corrected chi connectivity index (χ3v) is 3.02. The van der Waals surface area contributed by atoms with Crippen molar-refractivity contribution in [3.63, 3.8) is 0 Å². The monoisotopic (exact) mass is 260 g/mol. The van der Waals surface area contributed by atoms with Gasteiger partial charge in [-0.25, -0.2) is 4.68 Å². The predicted molar refractivity (Wildman–Crippen MR) is 70.1 cm³/mol. The number of unbranched alkanes of at least 4 members (excludes halogenated alkanes) is 1. The van der Waals surface area contributed by atoms with Crippen LogP contribution in [0.3, 0.4) is 0 Å². The van der Waals surface area contributed by atoms with Crippen molar-refractivity contribution in [1.29, 1.82) is 5.26 Å². The van der Waals surface area contributed by atoms with E-state index in [0.717, 1.165) is 24.9 Å². The third-order valence-electron chi connectivity index (χ3n) is 2.69. The molecule has 2 aromatic rings. The zero-order valence-corrected chi connectivity index (χ0v) is 10.9. The first-order chi connectivity index (χ1) is 8.77. The van der Waals surface area contributed by atoms with Crippen LogP contribution in [0, 0.1) is 11.3 Å². The van der Waals surface area contributed by atoms with Crippen LogP contribution in [0.25, 0.3) is 11.3 Å². The molecule has 0 bridgehead atoms. The molecule has 0 saturated carbocycles. The minimum absolute atomic E-state index is 0.319. The number of aromatic nitrogens is 3. The van der Waals surface area contributed by atoms with E-state index in [0.29, 0.717) is 16.4 Å². The number of hydrogen-bond acceptors (Lipinski definition) is 3. The highest BCUT2D eigenvalue weighted by molar-refractivity contribution is 6.33. The Balaban J connectivity index is 2.51. The van der Waals surface area contributed by atoms with Crippen LogP contribution < -0.4 is 0 Å². The molecule has 0 aliphatic carbocycles. The molecule has 0 aliphatic heterocycles. The van der Waals surface area contributed by atoms with Crippen molar-refractivity contribution in [1.82, 2.24) is 15.0 Å². The predicted octanol–water partition coefficient (Wildman–Crippen LogP) is 3.27. The minimum atomic E-state index is 0.319. The van der Waals surface area contributed by atoms with Gasteiger partial charge >= 0.3 is 0 Å².